The quantitative estimate of drug-likeness (QED) is 0.774. The van der Waals surface area contributed by atoms with Crippen LogP contribution in [-0.4, -0.2) is 28.7 Å². The molecule has 2 aromatic rings. The van der Waals surface area contributed by atoms with Gasteiger partial charge in [0, 0.05) is 35.3 Å². The summed E-state index contributed by atoms with van der Waals surface area (Å²) in [5.74, 6) is -0.456. The Morgan fingerprint density at radius 2 is 1.83 bits per heavy atom. The fourth-order valence-corrected chi connectivity index (χ4v) is 2.37. The SMILES string of the molecule is CC1=C(c2c[nH]c3ccccc23)C(=O)N(C)C1=O. The normalized spacial score (nSPS) is 16.2. The van der Waals surface area contributed by atoms with Crippen LogP contribution >= 0.6 is 0 Å². The lowest BCUT2D eigenvalue weighted by molar-refractivity contribution is -0.135. The second kappa shape index (κ2) is 3.57. The minimum atomic E-state index is -0.234. The van der Waals surface area contributed by atoms with Gasteiger partial charge in [-0.25, -0.2) is 0 Å². The van der Waals surface area contributed by atoms with Gasteiger partial charge in [0.25, 0.3) is 11.8 Å². The number of nitrogens with one attached hydrogen (secondary N) is 1. The molecule has 0 aliphatic carbocycles. The molecule has 2 amide bonds. The van der Waals surface area contributed by atoms with Crippen LogP contribution in [-0.2, 0) is 9.59 Å². The molecule has 0 saturated carbocycles. The Morgan fingerprint density at radius 3 is 2.50 bits per heavy atom. The highest BCUT2D eigenvalue weighted by Gasteiger charge is 2.34. The first-order valence-electron chi connectivity index (χ1n) is 5.71. The van der Waals surface area contributed by atoms with Gasteiger partial charge in [-0.05, 0) is 13.0 Å². The molecule has 90 valence electrons. The number of amides is 2. The van der Waals surface area contributed by atoms with Crippen molar-refractivity contribution in [3.05, 3.63) is 41.6 Å². The van der Waals surface area contributed by atoms with Crippen molar-refractivity contribution in [2.24, 2.45) is 0 Å². The zero-order valence-electron chi connectivity index (χ0n) is 10.2. The van der Waals surface area contributed by atoms with Crippen molar-refractivity contribution in [2.75, 3.05) is 7.05 Å². The fourth-order valence-electron chi connectivity index (χ4n) is 2.37. The summed E-state index contributed by atoms with van der Waals surface area (Å²) < 4.78 is 0. The van der Waals surface area contributed by atoms with Gasteiger partial charge < -0.3 is 4.98 Å². The molecule has 1 aliphatic heterocycles. The molecule has 0 radical (unpaired) electrons. The average Bonchev–Trinajstić information content (AvgIpc) is 2.87. The standard InChI is InChI=1S/C14H12N2O2/c1-8-12(14(18)16(2)13(8)17)10-7-15-11-6-4-3-5-9(10)11/h3-7,15H,1-2H3. The molecule has 4 nitrogen and oxygen atoms in total. The van der Waals surface area contributed by atoms with Gasteiger partial charge in [-0.2, -0.15) is 0 Å². The van der Waals surface area contributed by atoms with Gasteiger partial charge in [-0.3, -0.25) is 14.5 Å². The predicted molar refractivity (Wildman–Crippen MR) is 68.7 cm³/mol. The van der Waals surface area contributed by atoms with E-state index in [2.05, 4.69) is 4.98 Å². The third-order valence-electron chi connectivity index (χ3n) is 3.38. The van der Waals surface area contributed by atoms with E-state index in [9.17, 15) is 9.59 Å². The number of para-hydroxylation sites is 1. The summed E-state index contributed by atoms with van der Waals surface area (Å²) in [6.07, 6.45) is 1.79. The lowest BCUT2D eigenvalue weighted by atomic mass is 10.0. The number of imide groups is 1. The lowest BCUT2D eigenvalue weighted by Gasteiger charge is -2.05. The van der Waals surface area contributed by atoms with Crippen LogP contribution in [0.2, 0.25) is 0 Å². The van der Waals surface area contributed by atoms with Crippen molar-refractivity contribution >= 4 is 28.3 Å². The van der Waals surface area contributed by atoms with E-state index in [4.69, 9.17) is 0 Å². The van der Waals surface area contributed by atoms with Crippen LogP contribution in [0.1, 0.15) is 12.5 Å². The van der Waals surface area contributed by atoms with Crippen molar-refractivity contribution in [3.63, 3.8) is 0 Å². The highest BCUT2D eigenvalue weighted by molar-refractivity contribution is 6.36. The van der Waals surface area contributed by atoms with Gasteiger partial charge in [0.05, 0.1) is 5.57 Å². The molecule has 2 heterocycles. The number of benzene rings is 1. The van der Waals surface area contributed by atoms with E-state index in [1.54, 1.807) is 13.1 Å². The summed E-state index contributed by atoms with van der Waals surface area (Å²) in [4.78, 5) is 28.2. The number of hydrogen-bond acceptors (Lipinski definition) is 2. The highest BCUT2D eigenvalue weighted by Crippen LogP contribution is 2.32. The zero-order valence-corrected chi connectivity index (χ0v) is 10.2. The van der Waals surface area contributed by atoms with Crippen molar-refractivity contribution in [1.82, 2.24) is 9.88 Å². The molecule has 1 aliphatic rings. The Balaban J connectivity index is 2.28. The summed E-state index contributed by atoms with van der Waals surface area (Å²) in [5.41, 5.74) is 2.76. The smallest absolute Gasteiger partial charge is 0.261 e. The number of nitrogens with zero attached hydrogens (tertiary/aromatic N) is 1. The topological polar surface area (TPSA) is 53.2 Å². The molecular formula is C14H12N2O2. The van der Waals surface area contributed by atoms with Crippen LogP contribution in [0.5, 0.6) is 0 Å². The molecule has 0 fully saturated rings. The Kier molecular flexibility index (Phi) is 2.13. The van der Waals surface area contributed by atoms with Crippen molar-refractivity contribution < 1.29 is 9.59 Å². The number of carbonyl (C=O) groups is 2. The van der Waals surface area contributed by atoms with Crippen LogP contribution in [0.15, 0.2) is 36.0 Å². The van der Waals surface area contributed by atoms with E-state index in [1.807, 2.05) is 24.3 Å². The summed E-state index contributed by atoms with van der Waals surface area (Å²) in [5, 5.41) is 0.961. The first-order valence-corrected chi connectivity index (χ1v) is 5.71. The first-order chi connectivity index (χ1) is 8.61. The highest BCUT2D eigenvalue weighted by atomic mass is 16.2. The van der Waals surface area contributed by atoms with Crippen LogP contribution in [0.25, 0.3) is 16.5 Å². The predicted octanol–water partition coefficient (Wildman–Crippen LogP) is 1.94. The second-order valence-electron chi connectivity index (χ2n) is 4.42. The monoisotopic (exact) mass is 240 g/mol. The second-order valence-corrected chi connectivity index (χ2v) is 4.42. The molecule has 1 N–H and O–H groups in total. The average molecular weight is 240 g/mol. The molecule has 0 bridgehead atoms. The van der Waals surface area contributed by atoms with E-state index in [0.717, 1.165) is 21.4 Å². The molecular weight excluding hydrogens is 228 g/mol. The van der Waals surface area contributed by atoms with Gasteiger partial charge in [0.1, 0.15) is 0 Å². The molecule has 0 atom stereocenters. The maximum Gasteiger partial charge on any atom is 0.261 e. The maximum absolute atomic E-state index is 12.1. The van der Waals surface area contributed by atoms with Gasteiger partial charge >= 0.3 is 0 Å². The number of H-pyrrole nitrogens is 1. The molecule has 1 aromatic heterocycles. The Hall–Kier alpha value is -2.36. The number of carbonyl (C=O) groups excluding carboxylic acids is 2. The van der Waals surface area contributed by atoms with Gasteiger partial charge in [0.15, 0.2) is 0 Å². The Bertz CT molecular complexity index is 709. The lowest BCUT2D eigenvalue weighted by Crippen LogP contribution is -2.26. The van der Waals surface area contributed by atoms with Gasteiger partial charge in [-0.15, -0.1) is 0 Å². The van der Waals surface area contributed by atoms with E-state index in [0.29, 0.717) is 11.1 Å². The molecule has 0 spiro atoms. The van der Waals surface area contributed by atoms with E-state index in [-0.39, 0.29) is 11.8 Å². The summed E-state index contributed by atoms with van der Waals surface area (Å²) >= 11 is 0. The van der Waals surface area contributed by atoms with Crippen LogP contribution < -0.4 is 0 Å². The van der Waals surface area contributed by atoms with Crippen molar-refractivity contribution in [2.45, 2.75) is 6.92 Å². The molecule has 18 heavy (non-hydrogen) atoms. The van der Waals surface area contributed by atoms with Crippen LogP contribution in [0, 0.1) is 0 Å². The molecule has 0 saturated heterocycles. The fraction of sp³-hybridized carbons (Fsp3) is 0.143. The van der Waals surface area contributed by atoms with Crippen LogP contribution in [0.4, 0.5) is 0 Å². The minimum Gasteiger partial charge on any atom is -0.361 e. The number of fused-ring (bicyclic) bond motifs is 1. The molecule has 1 aromatic carbocycles. The number of aromatic amines is 1. The number of aromatic nitrogens is 1. The van der Waals surface area contributed by atoms with Crippen molar-refractivity contribution in [3.8, 4) is 0 Å². The first kappa shape index (κ1) is 10.8. The number of hydrogen-bond donors (Lipinski definition) is 1. The van der Waals surface area contributed by atoms with E-state index in [1.165, 1.54) is 7.05 Å². The van der Waals surface area contributed by atoms with E-state index >= 15 is 0 Å². The third-order valence-corrected chi connectivity index (χ3v) is 3.38. The number of rotatable bonds is 1. The van der Waals surface area contributed by atoms with Gasteiger partial charge in [0.2, 0.25) is 0 Å². The summed E-state index contributed by atoms with van der Waals surface area (Å²) in [6, 6.07) is 7.73. The maximum atomic E-state index is 12.1. The number of likely N-dealkylation sites (N-methyl/N-ethyl adjacent to an activating group) is 1. The summed E-state index contributed by atoms with van der Waals surface area (Å²) in [7, 11) is 1.51. The molecule has 4 heteroatoms. The Morgan fingerprint density at radius 1 is 1.11 bits per heavy atom. The Labute approximate surface area is 104 Å². The summed E-state index contributed by atoms with van der Waals surface area (Å²) in [6.45, 7) is 1.70. The van der Waals surface area contributed by atoms with Crippen molar-refractivity contribution in [1.29, 1.82) is 0 Å². The zero-order chi connectivity index (χ0) is 12.9. The molecule has 3 rings (SSSR count). The third kappa shape index (κ3) is 1.26. The van der Waals surface area contributed by atoms with E-state index < -0.39 is 0 Å². The largest absolute Gasteiger partial charge is 0.361 e. The minimum absolute atomic E-state index is 0.222. The van der Waals surface area contributed by atoms with Crippen LogP contribution in [0.3, 0.4) is 0 Å². The molecule has 0 unspecified atom stereocenters. The van der Waals surface area contributed by atoms with Gasteiger partial charge in [-0.1, -0.05) is 18.2 Å².